The van der Waals surface area contributed by atoms with Gasteiger partial charge < -0.3 is 4.74 Å². The number of amides is 1. The van der Waals surface area contributed by atoms with Gasteiger partial charge in [0.25, 0.3) is 0 Å². The number of hydrogen-bond acceptors (Lipinski definition) is 5. The Balaban J connectivity index is 2.67. The lowest BCUT2D eigenvalue weighted by Gasteiger charge is -2.03. The lowest BCUT2D eigenvalue weighted by molar-refractivity contribution is 0.205. The zero-order valence-electron chi connectivity index (χ0n) is 7.60. The molecule has 0 aliphatic rings. The van der Waals surface area contributed by atoms with Crippen molar-refractivity contribution in [2.45, 2.75) is 0 Å². The van der Waals surface area contributed by atoms with E-state index in [1.54, 1.807) is 10.8 Å². The van der Waals surface area contributed by atoms with Crippen LogP contribution in [0.15, 0.2) is 18.3 Å². The molecule has 82 valence electrons. The van der Waals surface area contributed by atoms with E-state index in [-0.39, 0.29) is 5.88 Å². The molecule has 0 spiro atoms. The molecule has 0 aliphatic heterocycles. The molecular formula is C7H7IN2O4S. The van der Waals surface area contributed by atoms with E-state index >= 15 is 0 Å². The van der Waals surface area contributed by atoms with E-state index in [1.807, 2.05) is 22.6 Å². The van der Waals surface area contributed by atoms with Gasteiger partial charge in [-0.25, -0.2) is 22.9 Å². The first-order valence-corrected chi connectivity index (χ1v) is 6.65. The first kappa shape index (κ1) is 12.2. The van der Waals surface area contributed by atoms with Gasteiger partial charge in [-0.05, 0) is 28.7 Å². The third kappa shape index (κ3) is 4.93. The number of rotatable bonds is 2. The Kier molecular flexibility index (Phi) is 3.85. The monoisotopic (exact) mass is 342 g/mol. The van der Waals surface area contributed by atoms with E-state index in [4.69, 9.17) is 0 Å². The van der Waals surface area contributed by atoms with Gasteiger partial charge in [0.2, 0.25) is 15.9 Å². The molecule has 0 saturated carbocycles. The van der Waals surface area contributed by atoms with Gasteiger partial charge in [-0.3, -0.25) is 0 Å². The Morgan fingerprint density at radius 1 is 1.60 bits per heavy atom. The third-order valence-corrected chi connectivity index (χ3v) is 2.37. The van der Waals surface area contributed by atoms with Gasteiger partial charge in [-0.1, -0.05) is 0 Å². The number of ether oxygens (including phenoxy) is 1. The van der Waals surface area contributed by atoms with Gasteiger partial charge >= 0.3 is 6.09 Å². The number of nitrogens with zero attached hydrogens (tertiary/aromatic N) is 1. The SMILES string of the molecule is CS(=O)(=O)NC(=O)Oc1cc(I)ccn1. The quantitative estimate of drug-likeness (QED) is 0.801. The van der Waals surface area contributed by atoms with Gasteiger partial charge in [0, 0.05) is 15.8 Å². The zero-order valence-corrected chi connectivity index (χ0v) is 10.6. The molecule has 0 atom stereocenters. The van der Waals surface area contributed by atoms with Gasteiger partial charge in [0.15, 0.2) is 0 Å². The second kappa shape index (κ2) is 4.75. The molecule has 1 amide bonds. The molecule has 1 aromatic rings. The van der Waals surface area contributed by atoms with Crippen LogP contribution in [0.5, 0.6) is 5.88 Å². The Labute approximate surface area is 100 Å². The normalized spacial score (nSPS) is 10.8. The Hall–Kier alpha value is -0.900. The van der Waals surface area contributed by atoms with Crippen LogP contribution in [-0.2, 0) is 10.0 Å². The lowest BCUT2D eigenvalue weighted by atomic mass is 10.5. The molecule has 0 radical (unpaired) electrons. The number of aromatic nitrogens is 1. The highest BCUT2D eigenvalue weighted by molar-refractivity contribution is 14.1. The van der Waals surface area contributed by atoms with Crippen LogP contribution in [0.3, 0.4) is 0 Å². The minimum atomic E-state index is -3.61. The average Bonchev–Trinajstić information content (AvgIpc) is 1.99. The molecule has 1 heterocycles. The maximum Gasteiger partial charge on any atom is 0.427 e. The van der Waals surface area contributed by atoms with Crippen molar-refractivity contribution in [2.75, 3.05) is 6.26 Å². The van der Waals surface area contributed by atoms with E-state index in [2.05, 4.69) is 9.72 Å². The predicted molar refractivity (Wildman–Crippen MR) is 61.0 cm³/mol. The molecule has 0 unspecified atom stereocenters. The second-order valence-electron chi connectivity index (χ2n) is 2.58. The van der Waals surface area contributed by atoms with Crippen LogP contribution in [0, 0.1) is 3.57 Å². The number of halogens is 1. The highest BCUT2D eigenvalue weighted by atomic mass is 127. The van der Waals surface area contributed by atoms with E-state index in [1.165, 1.54) is 12.3 Å². The highest BCUT2D eigenvalue weighted by Crippen LogP contribution is 2.11. The second-order valence-corrected chi connectivity index (χ2v) is 5.57. The fraction of sp³-hybridized carbons (Fsp3) is 0.143. The fourth-order valence-electron chi connectivity index (χ4n) is 0.708. The molecule has 8 heteroatoms. The van der Waals surface area contributed by atoms with Gasteiger partial charge in [0.1, 0.15) is 0 Å². The third-order valence-electron chi connectivity index (χ3n) is 1.16. The summed E-state index contributed by atoms with van der Waals surface area (Å²) in [5.74, 6) is 0.0445. The Morgan fingerprint density at radius 3 is 2.80 bits per heavy atom. The van der Waals surface area contributed by atoms with Crippen LogP contribution in [0.25, 0.3) is 0 Å². The molecule has 0 saturated heterocycles. The van der Waals surface area contributed by atoms with Crippen molar-refractivity contribution in [3.63, 3.8) is 0 Å². The molecule has 0 aliphatic carbocycles. The highest BCUT2D eigenvalue weighted by Gasteiger charge is 2.10. The van der Waals surface area contributed by atoms with Crippen LogP contribution in [0.4, 0.5) is 4.79 Å². The molecular weight excluding hydrogens is 335 g/mol. The Bertz CT molecular complexity index is 474. The lowest BCUT2D eigenvalue weighted by Crippen LogP contribution is -2.32. The summed E-state index contributed by atoms with van der Waals surface area (Å²) >= 11 is 2.01. The van der Waals surface area contributed by atoms with Crippen molar-refractivity contribution in [1.29, 1.82) is 0 Å². The summed E-state index contributed by atoms with van der Waals surface area (Å²) < 4.78 is 28.4. The van der Waals surface area contributed by atoms with E-state index in [9.17, 15) is 13.2 Å². The topological polar surface area (TPSA) is 85.4 Å². The molecule has 0 bridgehead atoms. The number of hydrogen-bond donors (Lipinski definition) is 1. The summed E-state index contributed by atoms with van der Waals surface area (Å²) in [6.07, 6.45) is 1.23. The minimum Gasteiger partial charge on any atom is -0.391 e. The maximum absolute atomic E-state index is 11.0. The van der Waals surface area contributed by atoms with Gasteiger partial charge in [-0.2, -0.15) is 0 Å². The number of sulfonamides is 1. The summed E-state index contributed by atoms with van der Waals surface area (Å²) in [7, 11) is -3.61. The number of carbonyl (C=O) groups excluding carboxylic acids is 1. The van der Waals surface area contributed by atoms with Crippen LogP contribution >= 0.6 is 22.6 Å². The zero-order chi connectivity index (χ0) is 11.5. The van der Waals surface area contributed by atoms with Crippen LogP contribution in [-0.4, -0.2) is 25.8 Å². The average molecular weight is 342 g/mol. The van der Waals surface area contributed by atoms with E-state index < -0.39 is 16.1 Å². The van der Waals surface area contributed by atoms with Crippen LogP contribution < -0.4 is 9.46 Å². The van der Waals surface area contributed by atoms with Crippen LogP contribution in [0.1, 0.15) is 0 Å². The largest absolute Gasteiger partial charge is 0.427 e. The van der Waals surface area contributed by atoms with Crippen molar-refractivity contribution in [1.82, 2.24) is 9.71 Å². The van der Waals surface area contributed by atoms with Crippen molar-refractivity contribution >= 4 is 38.7 Å². The molecule has 0 fully saturated rings. The number of pyridine rings is 1. The molecule has 0 aromatic carbocycles. The molecule has 1 aromatic heterocycles. The number of carbonyl (C=O) groups is 1. The minimum absolute atomic E-state index is 0.0445. The Morgan fingerprint density at radius 2 is 2.27 bits per heavy atom. The van der Waals surface area contributed by atoms with Gasteiger partial charge in [0.05, 0.1) is 6.26 Å². The smallest absolute Gasteiger partial charge is 0.391 e. The van der Waals surface area contributed by atoms with Crippen molar-refractivity contribution < 1.29 is 17.9 Å². The summed E-state index contributed by atoms with van der Waals surface area (Å²) in [5, 5.41) is 0. The maximum atomic E-state index is 11.0. The molecule has 6 nitrogen and oxygen atoms in total. The summed E-state index contributed by atoms with van der Waals surface area (Å²) in [5.41, 5.74) is 0. The number of nitrogens with one attached hydrogen (secondary N) is 1. The first-order valence-electron chi connectivity index (χ1n) is 3.68. The first-order chi connectivity index (χ1) is 6.87. The summed E-state index contributed by atoms with van der Waals surface area (Å²) in [6.45, 7) is 0. The predicted octanol–water partition coefficient (Wildman–Crippen LogP) is 0.734. The molecule has 1 N–H and O–H groups in total. The standard InChI is InChI=1S/C7H7IN2O4S/c1-15(12,13)10-7(11)14-6-4-5(8)2-3-9-6/h2-4H,1H3,(H,10,11). The summed E-state index contributed by atoms with van der Waals surface area (Å²) in [6, 6.07) is 3.21. The summed E-state index contributed by atoms with van der Waals surface area (Å²) in [4.78, 5) is 14.7. The van der Waals surface area contributed by atoms with Crippen molar-refractivity contribution in [3.05, 3.63) is 21.9 Å². The van der Waals surface area contributed by atoms with E-state index in [0.717, 1.165) is 9.83 Å². The van der Waals surface area contributed by atoms with Crippen molar-refractivity contribution in [3.8, 4) is 5.88 Å². The molecule has 15 heavy (non-hydrogen) atoms. The van der Waals surface area contributed by atoms with Crippen molar-refractivity contribution in [2.24, 2.45) is 0 Å². The van der Waals surface area contributed by atoms with E-state index in [0.29, 0.717) is 0 Å². The fourth-order valence-corrected chi connectivity index (χ4v) is 1.48. The van der Waals surface area contributed by atoms with Gasteiger partial charge in [-0.15, -0.1) is 0 Å². The molecule has 1 rings (SSSR count). The van der Waals surface area contributed by atoms with Crippen LogP contribution in [0.2, 0.25) is 0 Å².